The average molecular weight is 272 g/mol. The van der Waals surface area contributed by atoms with E-state index >= 15 is 0 Å². The molecule has 0 aromatic carbocycles. The smallest absolute Gasteiger partial charge is 0.451 e. The Morgan fingerprint density at radius 2 is 2.05 bits per heavy atom. The van der Waals surface area contributed by atoms with Gasteiger partial charge in [0.1, 0.15) is 5.54 Å². The van der Waals surface area contributed by atoms with E-state index in [1.807, 2.05) is 19.0 Å². The largest absolute Gasteiger partial charge is 0.480 e. The van der Waals surface area contributed by atoms with Crippen molar-refractivity contribution in [2.24, 2.45) is 17.6 Å². The molecule has 1 saturated carbocycles. The van der Waals surface area contributed by atoms with Crippen molar-refractivity contribution in [3.63, 3.8) is 0 Å². The molecule has 1 aliphatic rings. The van der Waals surface area contributed by atoms with Gasteiger partial charge in [0.2, 0.25) is 0 Å². The first-order valence-electron chi connectivity index (χ1n) is 6.79. The first-order chi connectivity index (χ1) is 8.75. The third kappa shape index (κ3) is 4.45. The highest BCUT2D eigenvalue weighted by Gasteiger charge is 2.46. The van der Waals surface area contributed by atoms with Gasteiger partial charge in [0.05, 0.1) is 0 Å². The summed E-state index contributed by atoms with van der Waals surface area (Å²) in [5.41, 5.74) is 4.94. The molecule has 0 aromatic heterocycles. The van der Waals surface area contributed by atoms with Crippen LogP contribution in [0.25, 0.3) is 0 Å². The molecule has 5 N–H and O–H groups in total. The summed E-state index contributed by atoms with van der Waals surface area (Å²) in [4.78, 5) is 13.5. The molecule has 3 atom stereocenters. The van der Waals surface area contributed by atoms with Gasteiger partial charge in [-0.05, 0) is 45.6 Å². The quantitative estimate of drug-likeness (QED) is 0.490. The Bertz CT molecular complexity index is 314. The lowest BCUT2D eigenvalue weighted by Crippen LogP contribution is -2.59. The van der Waals surface area contributed by atoms with Crippen molar-refractivity contribution in [3.05, 3.63) is 0 Å². The van der Waals surface area contributed by atoms with Crippen LogP contribution in [0.2, 0.25) is 6.32 Å². The summed E-state index contributed by atoms with van der Waals surface area (Å²) in [7, 11) is 2.50. The molecule has 0 saturated heterocycles. The Morgan fingerprint density at radius 3 is 2.53 bits per heavy atom. The fourth-order valence-electron chi connectivity index (χ4n) is 3.03. The minimum atomic E-state index is -1.32. The van der Waals surface area contributed by atoms with Crippen LogP contribution in [0.15, 0.2) is 0 Å². The average Bonchev–Trinajstić information content (AvgIpc) is 2.29. The molecule has 1 aliphatic carbocycles. The zero-order valence-electron chi connectivity index (χ0n) is 11.7. The zero-order chi connectivity index (χ0) is 14.6. The zero-order valence-corrected chi connectivity index (χ0v) is 11.7. The number of rotatable bonds is 6. The molecule has 7 heteroatoms. The lowest BCUT2D eigenvalue weighted by atomic mass is 9.66. The van der Waals surface area contributed by atoms with E-state index in [0.29, 0.717) is 19.4 Å². The molecule has 0 heterocycles. The Morgan fingerprint density at radius 1 is 1.42 bits per heavy atom. The van der Waals surface area contributed by atoms with Gasteiger partial charge in [-0.1, -0.05) is 6.42 Å². The highest BCUT2D eigenvalue weighted by Crippen LogP contribution is 2.38. The topological polar surface area (TPSA) is 107 Å². The van der Waals surface area contributed by atoms with Crippen LogP contribution in [0, 0.1) is 11.8 Å². The summed E-state index contributed by atoms with van der Waals surface area (Å²) in [5, 5.41) is 27.2. The van der Waals surface area contributed by atoms with Crippen molar-refractivity contribution in [3.8, 4) is 0 Å². The van der Waals surface area contributed by atoms with E-state index < -0.39 is 18.6 Å². The van der Waals surface area contributed by atoms with Gasteiger partial charge in [0.25, 0.3) is 0 Å². The van der Waals surface area contributed by atoms with E-state index in [9.17, 15) is 9.90 Å². The minimum Gasteiger partial charge on any atom is -0.480 e. The number of carbonyl (C=O) groups is 1. The van der Waals surface area contributed by atoms with Gasteiger partial charge in [-0.15, -0.1) is 0 Å². The summed E-state index contributed by atoms with van der Waals surface area (Å²) in [5.74, 6) is -0.856. The summed E-state index contributed by atoms with van der Waals surface area (Å²) < 4.78 is 0. The van der Waals surface area contributed by atoms with Gasteiger partial charge in [-0.3, -0.25) is 4.79 Å². The highest BCUT2D eigenvalue weighted by atomic mass is 16.4. The normalized spacial score (nSPS) is 31.5. The molecular weight excluding hydrogens is 247 g/mol. The Kier molecular flexibility index (Phi) is 5.79. The summed E-state index contributed by atoms with van der Waals surface area (Å²) >= 11 is 0. The standard InChI is InChI=1S/C12H25BN2O4/c1-15(2)8-10-4-3-9(5-6-13(18)19)7-12(10,14)11(16)17/h9-10,18-19H,3-8,14H2,1-2H3,(H,16,17). The van der Waals surface area contributed by atoms with Crippen LogP contribution in [0.1, 0.15) is 25.7 Å². The highest BCUT2D eigenvalue weighted by molar-refractivity contribution is 6.40. The number of carboxylic acids is 1. The first kappa shape index (κ1) is 16.4. The van der Waals surface area contributed by atoms with Crippen molar-refractivity contribution in [1.29, 1.82) is 0 Å². The van der Waals surface area contributed by atoms with Crippen molar-refractivity contribution < 1.29 is 19.9 Å². The van der Waals surface area contributed by atoms with E-state index in [-0.39, 0.29) is 18.2 Å². The van der Waals surface area contributed by atoms with Gasteiger partial charge < -0.3 is 25.8 Å². The lowest BCUT2D eigenvalue weighted by molar-refractivity contribution is -0.148. The molecular formula is C12H25BN2O4. The second-order valence-corrected chi connectivity index (χ2v) is 6.01. The second kappa shape index (κ2) is 6.70. The molecule has 0 spiro atoms. The van der Waals surface area contributed by atoms with Crippen LogP contribution < -0.4 is 5.73 Å². The van der Waals surface area contributed by atoms with Crippen molar-refractivity contribution in [1.82, 2.24) is 4.90 Å². The van der Waals surface area contributed by atoms with E-state index in [1.54, 1.807) is 0 Å². The van der Waals surface area contributed by atoms with Gasteiger partial charge in [0, 0.05) is 12.5 Å². The molecule has 0 radical (unpaired) electrons. The predicted octanol–water partition coefficient (Wildman–Crippen LogP) is -0.391. The number of aliphatic carboxylic acids is 1. The van der Waals surface area contributed by atoms with Crippen molar-refractivity contribution in [2.45, 2.75) is 37.5 Å². The molecule has 0 bridgehead atoms. The van der Waals surface area contributed by atoms with Crippen LogP contribution >= 0.6 is 0 Å². The van der Waals surface area contributed by atoms with Gasteiger partial charge in [-0.25, -0.2) is 0 Å². The maximum atomic E-state index is 11.5. The maximum Gasteiger partial charge on any atom is 0.451 e. The van der Waals surface area contributed by atoms with Crippen LogP contribution in [-0.2, 0) is 4.79 Å². The molecule has 0 amide bonds. The second-order valence-electron chi connectivity index (χ2n) is 6.01. The fraction of sp³-hybridized carbons (Fsp3) is 0.917. The van der Waals surface area contributed by atoms with E-state index in [0.717, 1.165) is 12.8 Å². The van der Waals surface area contributed by atoms with Crippen molar-refractivity contribution in [2.75, 3.05) is 20.6 Å². The van der Waals surface area contributed by atoms with Gasteiger partial charge >= 0.3 is 13.1 Å². The van der Waals surface area contributed by atoms with Crippen LogP contribution in [0.3, 0.4) is 0 Å². The van der Waals surface area contributed by atoms with E-state index in [4.69, 9.17) is 15.8 Å². The van der Waals surface area contributed by atoms with Gasteiger partial charge in [0.15, 0.2) is 0 Å². The molecule has 1 rings (SSSR count). The first-order valence-corrected chi connectivity index (χ1v) is 6.79. The minimum absolute atomic E-state index is 0.0599. The van der Waals surface area contributed by atoms with E-state index in [1.165, 1.54) is 0 Å². The molecule has 110 valence electrons. The number of hydrogen-bond acceptors (Lipinski definition) is 5. The monoisotopic (exact) mass is 272 g/mol. The molecule has 3 unspecified atom stereocenters. The molecule has 0 aromatic rings. The van der Waals surface area contributed by atoms with Crippen molar-refractivity contribution >= 4 is 13.1 Å². The summed E-state index contributed by atoms with van der Waals surface area (Å²) in [6.07, 6.45) is 2.97. The maximum absolute atomic E-state index is 11.5. The van der Waals surface area contributed by atoms with Crippen LogP contribution in [0.5, 0.6) is 0 Å². The Hall–Kier alpha value is -0.625. The third-order valence-electron chi connectivity index (χ3n) is 4.10. The van der Waals surface area contributed by atoms with E-state index in [2.05, 4.69) is 0 Å². The molecule has 6 nitrogen and oxygen atoms in total. The predicted molar refractivity (Wildman–Crippen MR) is 73.6 cm³/mol. The van der Waals surface area contributed by atoms with Crippen LogP contribution in [0.4, 0.5) is 0 Å². The van der Waals surface area contributed by atoms with Crippen LogP contribution in [-0.4, -0.2) is 59.3 Å². The Labute approximate surface area is 114 Å². The SMILES string of the molecule is CN(C)CC1CCC(CCB(O)O)CC1(N)C(=O)O. The number of hydrogen-bond donors (Lipinski definition) is 4. The number of nitrogens with two attached hydrogens (primary N) is 1. The number of carboxylic acid groups (broad SMARTS) is 1. The summed E-state index contributed by atoms with van der Waals surface area (Å²) in [6, 6.07) is 0. The molecule has 19 heavy (non-hydrogen) atoms. The molecule has 0 aliphatic heterocycles. The third-order valence-corrected chi connectivity index (χ3v) is 4.10. The Balaban J connectivity index is 2.69. The number of nitrogens with zero attached hydrogens (tertiary/aromatic N) is 1. The van der Waals surface area contributed by atoms with Gasteiger partial charge in [-0.2, -0.15) is 0 Å². The lowest BCUT2D eigenvalue weighted by Gasteiger charge is -2.42. The fourth-order valence-corrected chi connectivity index (χ4v) is 3.03. The molecule has 1 fully saturated rings. The summed E-state index contributed by atoms with van der Waals surface area (Å²) in [6.45, 7) is 0.665.